The third-order valence-corrected chi connectivity index (χ3v) is 4.17. The number of anilines is 1. The number of rotatable bonds is 2. The van der Waals surface area contributed by atoms with Crippen LogP contribution in [0.4, 0.5) is 9.39 Å². The Morgan fingerprint density at radius 1 is 1.30 bits per heavy atom. The maximum absolute atomic E-state index is 13.4. The van der Waals surface area contributed by atoms with Crippen molar-refractivity contribution in [3.8, 4) is 11.4 Å². The number of nitrogen functional groups attached to an aromatic ring is 1. The van der Waals surface area contributed by atoms with Crippen molar-refractivity contribution in [2.75, 3.05) is 5.73 Å². The highest BCUT2D eigenvalue weighted by atomic mass is 32.1. The number of thiophene rings is 1. The summed E-state index contributed by atoms with van der Waals surface area (Å²) >= 11 is 1.55. The number of benzene rings is 1. The summed E-state index contributed by atoms with van der Waals surface area (Å²) in [6.07, 6.45) is 0. The molecule has 3 aromatic rings. The fraction of sp³-hybridized carbons (Fsp3) is 0.267. The Morgan fingerprint density at radius 2 is 2.05 bits per heavy atom. The van der Waals surface area contributed by atoms with E-state index in [9.17, 15) is 4.39 Å². The van der Waals surface area contributed by atoms with Crippen LogP contribution in [0.15, 0.2) is 24.3 Å². The molecule has 3 nitrogen and oxygen atoms in total. The van der Waals surface area contributed by atoms with E-state index in [1.165, 1.54) is 12.1 Å². The highest BCUT2D eigenvalue weighted by Crippen LogP contribution is 2.36. The van der Waals surface area contributed by atoms with Crippen LogP contribution in [0.25, 0.3) is 22.4 Å². The van der Waals surface area contributed by atoms with Crippen molar-refractivity contribution in [3.05, 3.63) is 35.0 Å². The predicted molar refractivity (Wildman–Crippen MR) is 82.5 cm³/mol. The van der Waals surface area contributed by atoms with Crippen molar-refractivity contribution in [3.63, 3.8) is 0 Å². The normalized spacial score (nSPS) is 11.7. The summed E-state index contributed by atoms with van der Waals surface area (Å²) in [7, 11) is 0. The number of fused-ring (bicyclic) bond motifs is 1. The van der Waals surface area contributed by atoms with Crippen LogP contribution in [0.5, 0.6) is 0 Å². The first-order chi connectivity index (χ1) is 9.47. The summed E-state index contributed by atoms with van der Waals surface area (Å²) in [5.41, 5.74) is 8.61. The Morgan fingerprint density at radius 3 is 2.65 bits per heavy atom. The summed E-state index contributed by atoms with van der Waals surface area (Å²) in [6.45, 7) is 6.19. The standard InChI is InChI=1S/C15H16FN3S/c1-8(2)19-13-5-4-10(16)7-12(13)18-15(19)11-6-9(3)20-14(11)17/h4-8H,17H2,1-3H3. The van der Waals surface area contributed by atoms with Crippen LogP contribution in [0.1, 0.15) is 24.8 Å². The average molecular weight is 289 g/mol. The summed E-state index contributed by atoms with van der Waals surface area (Å²) in [5.74, 6) is 0.536. The second-order valence-corrected chi connectivity index (χ2v) is 6.46. The monoisotopic (exact) mass is 289 g/mol. The SMILES string of the molecule is Cc1cc(-c2nc3cc(F)ccc3n2C(C)C)c(N)s1. The Balaban J connectivity index is 2.34. The number of hydrogen-bond donors (Lipinski definition) is 1. The van der Waals surface area contributed by atoms with Gasteiger partial charge >= 0.3 is 0 Å². The molecule has 0 spiro atoms. The lowest BCUT2D eigenvalue weighted by Gasteiger charge is -2.12. The molecule has 0 saturated carbocycles. The molecular weight excluding hydrogens is 273 g/mol. The van der Waals surface area contributed by atoms with Crippen LogP contribution in [0.2, 0.25) is 0 Å². The highest BCUT2D eigenvalue weighted by Gasteiger charge is 2.18. The van der Waals surface area contributed by atoms with Crippen LogP contribution >= 0.6 is 11.3 Å². The predicted octanol–water partition coefficient (Wildman–Crippen LogP) is 4.38. The lowest BCUT2D eigenvalue weighted by molar-refractivity contribution is 0.620. The number of hydrogen-bond acceptors (Lipinski definition) is 3. The smallest absolute Gasteiger partial charge is 0.144 e. The van der Waals surface area contributed by atoms with E-state index in [0.29, 0.717) is 5.52 Å². The molecule has 0 unspecified atom stereocenters. The Hall–Kier alpha value is -1.88. The first-order valence-corrected chi connectivity index (χ1v) is 7.33. The maximum atomic E-state index is 13.4. The van der Waals surface area contributed by atoms with Gasteiger partial charge < -0.3 is 10.3 Å². The minimum atomic E-state index is -0.271. The van der Waals surface area contributed by atoms with Crippen molar-refractivity contribution in [1.29, 1.82) is 0 Å². The van der Waals surface area contributed by atoms with Gasteiger partial charge in [0, 0.05) is 17.0 Å². The molecule has 0 atom stereocenters. The molecule has 0 radical (unpaired) electrons. The van der Waals surface area contributed by atoms with Crippen LogP contribution in [-0.4, -0.2) is 9.55 Å². The van der Waals surface area contributed by atoms with Crippen molar-refractivity contribution in [2.45, 2.75) is 26.8 Å². The van der Waals surface area contributed by atoms with Gasteiger partial charge in [-0.25, -0.2) is 9.37 Å². The second kappa shape index (κ2) is 4.59. The lowest BCUT2D eigenvalue weighted by Crippen LogP contribution is -2.03. The van der Waals surface area contributed by atoms with E-state index in [2.05, 4.69) is 23.4 Å². The minimum Gasteiger partial charge on any atom is -0.390 e. The third kappa shape index (κ3) is 1.98. The van der Waals surface area contributed by atoms with E-state index >= 15 is 0 Å². The molecule has 5 heteroatoms. The fourth-order valence-corrected chi connectivity index (χ4v) is 3.28. The largest absolute Gasteiger partial charge is 0.390 e. The molecule has 1 aromatic carbocycles. The first-order valence-electron chi connectivity index (χ1n) is 6.51. The summed E-state index contributed by atoms with van der Waals surface area (Å²) < 4.78 is 15.5. The van der Waals surface area contributed by atoms with Crippen molar-refractivity contribution < 1.29 is 4.39 Å². The van der Waals surface area contributed by atoms with Gasteiger partial charge in [0.15, 0.2) is 0 Å². The van der Waals surface area contributed by atoms with E-state index < -0.39 is 0 Å². The van der Waals surface area contributed by atoms with Crippen LogP contribution in [0.3, 0.4) is 0 Å². The maximum Gasteiger partial charge on any atom is 0.144 e. The zero-order valence-corrected chi connectivity index (χ0v) is 12.5. The molecule has 0 aliphatic carbocycles. The second-order valence-electron chi connectivity index (χ2n) is 5.17. The number of aromatic nitrogens is 2. The number of imidazole rings is 1. The summed E-state index contributed by atoms with van der Waals surface area (Å²) in [6, 6.07) is 6.97. The number of halogens is 1. The molecule has 0 aliphatic rings. The van der Waals surface area contributed by atoms with Gasteiger partial charge in [-0.1, -0.05) is 0 Å². The van der Waals surface area contributed by atoms with Gasteiger partial charge in [0.05, 0.1) is 21.6 Å². The zero-order valence-electron chi connectivity index (χ0n) is 11.6. The first kappa shape index (κ1) is 13.1. The zero-order chi connectivity index (χ0) is 14.4. The molecular formula is C15H16FN3S. The Bertz CT molecular complexity index is 786. The molecule has 0 saturated heterocycles. The van der Waals surface area contributed by atoms with E-state index in [1.54, 1.807) is 17.4 Å². The van der Waals surface area contributed by atoms with Gasteiger partial charge in [0.25, 0.3) is 0 Å². The molecule has 0 bridgehead atoms. The Labute approximate surface area is 120 Å². The molecule has 3 rings (SSSR count). The number of aryl methyl sites for hydroxylation is 1. The van der Waals surface area contributed by atoms with Gasteiger partial charge in [-0.15, -0.1) is 11.3 Å². The fourth-order valence-electron chi connectivity index (χ4n) is 2.49. The van der Waals surface area contributed by atoms with Crippen LogP contribution in [0, 0.1) is 12.7 Å². The highest BCUT2D eigenvalue weighted by molar-refractivity contribution is 7.16. The van der Waals surface area contributed by atoms with Crippen molar-refractivity contribution in [1.82, 2.24) is 9.55 Å². The quantitative estimate of drug-likeness (QED) is 0.761. The molecule has 0 aliphatic heterocycles. The van der Waals surface area contributed by atoms with E-state index in [1.807, 2.05) is 13.0 Å². The van der Waals surface area contributed by atoms with Gasteiger partial charge in [-0.05, 0) is 39.0 Å². The topological polar surface area (TPSA) is 43.8 Å². The lowest BCUT2D eigenvalue weighted by atomic mass is 10.2. The average Bonchev–Trinajstić information content (AvgIpc) is 2.88. The van der Waals surface area contributed by atoms with E-state index in [0.717, 1.165) is 26.8 Å². The van der Waals surface area contributed by atoms with Crippen LogP contribution < -0.4 is 5.73 Å². The molecule has 2 N–H and O–H groups in total. The number of nitrogens with zero attached hydrogens (tertiary/aromatic N) is 2. The van der Waals surface area contributed by atoms with Gasteiger partial charge in [0.2, 0.25) is 0 Å². The molecule has 104 valence electrons. The molecule has 0 amide bonds. The van der Waals surface area contributed by atoms with Gasteiger partial charge in [-0.3, -0.25) is 0 Å². The van der Waals surface area contributed by atoms with E-state index in [-0.39, 0.29) is 11.9 Å². The summed E-state index contributed by atoms with van der Waals surface area (Å²) in [4.78, 5) is 5.73. The summed E-state index contributed by atoms with van der Waals surface area (Å²) in [5, 5.41) is 0.750. The Kier molecular flexibility index (Phi) is 3.01. The molecule has 20 heavy (non-hydrogen) atoms. The van der Waals surface area contributed by atoms with Crippen molar-refractivity contribution in [2.24, 2.45) is 0 Å². The van der Waals surface area contributed by atoms with Crippen molar-refractivity contribution >= 4 is 27.4 Å². The molecule has 2 heterocycles. The molecule has 2 aromatic heterocycles. The van der Waals surface area contributed by atoms with E-state index in [4.69, 9.17) is 5.73 Å². The molecule has 0 fully saturated rings. The van der Waals surface area contributed by atoms with Gasteiger partial charge in [-0.2, -0.15) is 0 Å². The number of nitrogens with two attached hydrogens (primary N) is 1. The van der Waals surface area contributed by atoms with Crippen LogP contribution in [-0.2, 0) is 0 Å². The minimum absolute atomic E-state index is 0.222. The van der Waals surface area contributed by atoms with Gasteiger partial charge in [0.1, 0.15) is 11.6 Å². The third-order valence-electron chi connectivity index (χ3n) is 3.29.